The fourth-order valence-corrected chi connectivity index (χ4v) is 2.46. The first kappa shape index (κ1) is 18.2. The van der Waals surface area contributed by atoms with E-state index >= 15 is 0 Å². The van der Waals surface area contributed by atoms with Crippen LogP contribution in [0.5, 0.6) is 5.75 Å². The van der Waals surface area contributed by atoms with Gasteiger partial charge in [0.25, 0.3) is 0 Å². The molecule has 0 heterocycles. The number of hydrogen-bond donors (Lipinski definition) is 1. The quantitative estimate of drug-likeness (QED) is 0.715. The molecule has 6 heteroatoms. The molecule has 0 aliphatic heterocycles. The average molecular weight is 317 g/mol. The summed E-state index contributed by atoms with van der Waals surface area (Å²) in [5.74, 6) is 0.787. The standard InChI is InChI=1S/C15H25ClN2O3/c1-19-8-6-18(7-9-20-2)14(11-17)13-10-12(16)4-5-15(13)21-3/h4-5,10,14H,6-9,11,17H2,1-3H3. The molecule has 0 aliphatic carbocycles. The third-order valence-electron chi connectivity index (χ3n) is 3.38. The Kier molecular flexibility index (Phi) is 8.64. The predicted molar refractivity (Wildman–Crippen MR) is 85.1 cm³/mol. The van der Waals surface area contributed by atoms with Gasteiger partial charge in [0.2, 0.25) is 0 Å². The lowest BCUT2D eigenvalue weighted by Gasteiger charge is -2.31. The molecule has 0 saturated carbocycles. The first-order valence-electron chi connectivity index (χ1n) is 6.93. The Labute approximate surface area is 131 Å². The van der Waals surface area contributed by atoms with Gasteiger partial charge in [-0.25, -0.2) is 0 Å². The summed E-state index contributed by atoms with van der Waals surface area (Å²) < 4.78 is 15.8. The molecule has 0 aliphatic rings. The lowest BCUT2D eigenvalue weighted by molar-refractivity contribution is 0.0883. The van der Waals surface area contributed by atoms with Gasteiger partial charge in [-0.15, -0.1) is 0 Å². The molecule has 0 amide bonds. The van der Waals surface area contributed by atoms with Crippen LogP contribution in [0.1, 0.15) is 11.6 Å². The van der Waals surface area contributed by atoms with Crippen LogP contribution in [0.3, 0.4) is 0 Å². The van der Waals surface area contributed by atoms with Crippen LogP contribution in [0.15, 0.2) is 18.2 Å². The number of nitrogens with two attached hydrogens (primary N) is 1. The van der Waals surface area contributed by atoms with Crippen LogP contribution in [-0.2, 0) is 9.47 Å². The normalized spacial score (nSPS) is 12.7. The van der Waals surface area contributed by atoms with E-state index in [9.17, 15) is 0 Å². The van der Waals surface area contributed by atoms with E-state index in [4.69, 9.17) is 31.5 Å². The van der Waals surface area contributed by atoms with E-state index < -0.39 is 0 Å². The van der Waals surface area contributed by atoms with E-state index in [1.807, 2.05) is 18.2 Å². The zero-order valence-corrected chi connectivity index (χ0v) is 13.7. The number of nitrogens with zero attached hydrogens (tertiary/aromatic N) is 1. The fourth-order valence-electron chi connectivity index (χ4n) is 2.28. The summed E-state index contributed by atoms with van der Waals surface area (Å²) in [6.07, 6.45) is 0. The topological polar surface area (TPSA) is 57.0 Å². The van der Waals surface area contributed by atoms with Gasteiger partial charge >= 0.3 is 0 Å². The minimum Gasteiger partial charge on any atom is -0.496 e. The molecule has 0 aromatic heterocycles. The highest BCUT2D eigenvalue weighted by Crippen LogP contribution is 2.31. The SMILES string of the molecule is COCCN(CCOC)C(CN)c1cc(Cl)ccc1OC. The largest absolute Gasteiger partial charge is 0.496 e. The van der Waals surface area contributed by atoms with E-state index in [1.54, 1.807) is 21.3 Å². The zero-order valence-electron chi connectivity index (χ0n) is 13.0. The van der Waals surface area contributed by atoms with Gasteiger partial charge < -0.3 is 19.9 Å². The summed E-state index contributed by atoms with van der Waals surface area (Å²) >= 11 is 6.12. The Morgan fingerprint density at radius 1 is 1.14 bits per heavy atom. The second kappa shape index (κ2) is 9.97. The van der Waals surface area contributed by atoms with Crippen molar-refractivity contribution in [2.45, 2.75) is 6.04 Å². The maximum absolute atomic E-state index is 6.12. The first-order chi connectivity index (χ1) is 10.2. The summed E-state index contributed by atoms with van der Waals surface area (Å²) in [5.41, 5.74) is 6.99. The maximum Gasteiger partial charge on any atom is 0.123 e. The molecule has 0 radical (unpaired) electrons. The molecule has 120 valence electrons. The summed E-state index contributed by atoms with van der Waals surface area (Å²) in [5, 5.41) is 0.669. The van der Waals surface area contributed by atoms with Crippen LogP contribution in [0.4, 0.5) is 0 Å². The molecule has 21 heavy (non-hydrogen) atoms. The Hall–Kier alpha value is -0.850. The van der Waals surface area contributed by atoms with Gasteiger partial charge in [0.1, 0.15) is 5.75 Å². The maximum atomic E-state index is 6.12. The van der Waals surface area contributed by atoms with Gasteiger partial charge in [0.05, 0.1) is 26.4 Å². The number of ether oxygens (including phenoxy) is 3. The second-order valence-corrected chi connectivity index (χ2v) is 5.10. The van der Waals surface area contributed by atoms with Gasteiger partial charge in [0, 0.05) is 44.4 Å². The third-order valence-corrected chi connectivity index (χ3v) is 3.62. The van der Waals surface area contributed by atoms with Crippen molar-refractivity contribution in [3.63, 3.8) is 0 Å². The Morgan fingerprint density at radius 3 is 2.24 bits per heavy atom. The van der Waals surface area contributed by atoms with Crippen molar-refractivity contribution in [3.05, 3.63) is 28.8 Å². The van der Waals surface area contributed by atoms with Crippen molar-refractivity contribution in [2.75, 3.05) is 54.2 Å². The highest BCUT2D eigenvalue weighted by molar-refractivity contribution is 6.30. The molecule has 1 atom stereocenters. The van der Waals surface area contributed by atoms with Crippen LogP contribution >= 0.6 is 11.6 Å². The van der Waals surface area contributed by atoms with E-state index in [-0.39, 0.29) is 6.04 Å². The monoisotopic (exact) mass is 316 g/mol. The van der Waals surface area contributed by atoms with Gasteiger partial charge in [-0.1, -0.05) is 11.6 Å². The molecule has 0 fully saturated rings. The number of rotatable bonds is 10. The summed E-state index contributed by atoms with van der Waals surface area (Å²) in [6.45, 7) is 3.24. The predicted octanol–water partition coefficient (Wildman–Crippen LogP) is 1.94. The van der Waals surface area contributed by atoms with Gasteiger partial charge in [-0.05, 0) is 18.2 Å². The molecule has 0 saturated heterocycles. The number of halogens is 1. The Balaban J connectivity index is 3.02. The average Bonchev–Trinajstić information content (AvgIpc) is 2.50. The van der Waals surface area contributed by atoms with Crippen LogP contribution in [0, 0.1) is 0 Å². The number of hydrogen-bond acceptors (Lipinski definition) is 5. The molecule has 0 bridgehead atoms. The van der Waals surface area contributed by atoms with Crippen molar-refractivity contribution in [2.24, 2.45) is 5.73 Å². The first-order valence-corrected chi connectivity index (χ1v) is 7.31. The minimum atomic E-state index is 0.00366. The smallest absolute Gasteiger partial charge is 0.123 e. The summed E-state index contributed by atoms with van der Waals surface area (Å²) in [7, 11) is 5.02. The minimum absolute atomic E-state index is 0.00366. The number of benzene rings is 1. The molecule has 5 nitrogen and oxygen atoms in total. The van der Waals surface area contributed by atoms with Gasteiger partial charge in [-0.2, -0.15) is 0 Å². The fraction of sp³-hybridized carbons (Fsp3) is 0.600. The van der Waals surface area contributed by atoms with Gasteiger partial charge in [0.15, 0.2) is 0 Å². The van der Waals surface area contributed by atoms with E-state index in [0.29, 0.717) is 24.8 Å². The lowest BCUT2D eigenvalue weighted by atomic mass is 10.0. The Bertz CT molecular complexity index is 410. The van der Waals surface area contributed by atoms with Crippen molar-refractivity contribution in [1.82, 2.24) is 4.90 Å². The van der Waals surface area contributed by atoms with Crippen molar-refractivity contribution in [3.8, 4) is 5.75 Å². The Morgan fingerprint density at radius 2 is 1.76 bits per heavy atom. The molecule has 2 N–H and O–H groups in total. The lowest BCUT2D eigenvalue weighted by Crippen LogP contribution is -2.38. The highest BCUT2D eigenvalue weighted by atomic mass is 35.5. The molecular formula is C15H25ClN2O3. The molecular weight excluding hydrogens is 292 g/mol. The molecule has 1 unspecified atom stereocenters. The van der Waals surface area contributed by atoms with Gasteiger partial charge in [-0.3, -0.25) is 4.90 Å². The second-order valence-electron chi connectivity index (χ2n) is 4.66. The highest BCUT2D eigenvalue weighted by Gasteiger charge is 2.22. The van der Waals surface area contributed by atoms with Crippen LogP contribution in [0.2, 0.25) is 5.02 Å². The van der Waals surface area contributed by atoms with Crippen LogP contribution in [0.25, 0.3) is 0 Å². The van der Waals surface area contributed by atoms with Crippen LogP contribution < -0.4 is 10.5 Å². The van der Waals surface area contributed by atoms with Crippen molar-refractivity contribution >= 4 is 11.6 Å². The van der Waals surface area contributed by atoms with Crippen molar-refractivity contribution in [1.29, 1.82) is 0 Å². The zero-order chi connectivity index (χ0) is 15.7. The molecule has 0 spiro atoms. The molecule has 1 aromatic rings. The summed E-state index contributed by atoms with van der Waals surface area (Å²) in [4.78, 5) is 2.22. The van der Waals surface area contributed by atoms with Crippen LogP contribution in [-0.4, -0.2) is 59.1 Å². The van der Waals surface area contributed by atoms with E-state index in [2.05, 4.69) is 4.90 Å². The van der Waals surface area contributed by atoms with Crippen molar-refractivity contribution < 1.29 is 14.2 Å². The number of methoxy groups -OCH3 is 3. The van der Waals surface area contributed by atoms with E-state index in [1.165, 1.54) is 0 Å². The summed E-state index contributed by atoms with van der Waals surface area (Å²) in [6, 6.07) is 5.59. The molecule has 1 aromatic carbocycles. The molecule has 1 rings (SSSR count). The van der Waals surface area contributed by atoms with E-state index in [0.717, 1.165) is 24.4 Å². The third kappa shape index (κ3) is 5.45.